The van der Waals surface area contributed by atoms with Crippen LogP contribution in [0.25, 0.3) is 5.69 Å². The van der Waals surface area contributed by atoms with Crippen LogP contribution in [-0.4, -0.2) is 31.4 Å². The van der Waals surface area contributed by atoms with E-state index in [1.807, 2.05) is 24.0 Å². The minimum Gasteiger partial charge on any atom is -0.341 e. The van der Waals surface area contributed by atoms with Gasteiger partial charge in [-0.2, -0.15) is 0 Å². The molecule has 0 unspecified atom stereocenters. The zero-order valence-corrected chi connectivity index (χ0v) is 17.2. The van der Waals surface area contributed by atoms with Crippen molar-refractivity contribution in [1.82, 2.24) is 14.5 Å². The molecular weight excluding hydrogens is 364 g/mol. The number of thioether (sulfide) groups is 1. The highest BCUT2D eigenvalue weighted by Crippen LogP contribution is 2.48. The lowest BCUT2D eigenvalue weighted by Crippen LogP contribution is -2.28. The maximum Gasteiger partial charge on any atom is 0.160 e. The number of nitrogens with zero attached hydrogens (tertiary/aromatic N) is 4. The molecule has 4 heterocycles. The summed E-state index contributed by atoms with van der Waals surface area (Å²) in [6.07, 6.45) is 1.87. The van der Waals surface area contributed by atoms with E-state index in [9.17, 15) is 0 Å². The molecule has 0 saturated carbocycles. The zero-order chi connectivity index (χ0) is 19.3. The Morgan fingerprint density at radius 2 is 1.82 bits per heavy atom. The lowest BCUT2D eigenvalue weighted by molar-refractivity contribution is 0.320. The Morgan fingerprint density at radius 3 is 2.57 bits per heavy atom. The molecule has 0 amide bonds. The van der Waals surface area contributed by atoms with Crippen molar-refractivity contribution in [1.29, 1.82) is 0 Å². The van der Waals surface area contributed by atoms with Gasteiger partial charge in [-0.1, -0.05) is 43.0 Å². The molecule has 5 heteroatoms. The molecule has 2 aliphatic heterocycles. The molecule has 0 radical (unpaired) electrons. The minimum absolute atomic E-state index is 0.0425. The van der Waals surface area contributed by atoms with Gasteiger partial charge in [0.25, 0.3) is 0 Å². The van der Waals surface area contributed by atoms with Crippen LogP contribution in [0, 0.1) is 13.8 Å². The number of rotatable bonds is 3. The monoisotopic (exact) mass is 388 g/mol. The molecule has 3 aromatic rings. The largest absolute Gasteiger partial charge is 0.341 e. The summed E-state index contributed by atoms with van der Waals surface area (Å²) in [7, 11) is 0. The Balaban J connectivity index is 1.63. The normalized spacial score (nSPS) is 23.8. The fourth-order valence-corrected chi connectivity index (χ4v) is 5.61. The predicted molar refractivity (Wildman–Crippen MR) is 116 cm³/mol. The number of hydrogen-bond acceptors (Lipinski definition) is 4. The Hall–Kier alpha value is -2.53. The van der Waals surface area contributed by atoms with Crippen LogP contribution in [0.1, 0.15) is 41.7 Å². The van der Waals surface area contributed by atoms with Crippen LogP contribution in [-0.2, 0) is 0 Å². The van der Waals surface area contributed by atoms with Crippen molar-refractivity contribution >= 4 is 16.9 Å². The lowest BCUT2D eigenvalue weighted by Gasteiger charge is -2.27. The van der Waals surface area contributed by atoms with Crippen LogP contribution in [0.3, 0.4) is 0 Å². The fraction of sp³-hybridized carbons (Fsp3) is 0.304. The molecule has 3 atom stereocenters. The van der Waals surface area contributed by atoms with E-state index >= 15 is 0 Å². The van der Waals surface area contributed by atoms with Crippen molar-refractivity contribution in [3.63, 3.8) is 0 Å². The molecule has 28 heavy (non-hydrogen) atoms. The van der Waals surface area contributed by atoms with E-state index < -0.39 is 0 Å². The van der Waals surface area contributed by atoms with Crippen LogP contribution in [0.4, 0.5) is 0 Å². The number of benzene rings is 1. The second-order valence-electron chi connectivity index (χ2n) is 7.63. The van der Waals surface area contributed by atoms with E-state index in [0.29, 0.717) is 5.25 Å². The molecule has 5 rings (SSSR count). The van der Waals surface area contributed by atoms with Crippen molar-refractivity contribution in [2.75, 3.05) is 6.54 Å². The van der Waals surface area contributed by atoms with E-state index in [1.54, 1.807) is 0 Å². The van der Waals surface area contributed by atoms with Gasteiger partial charge in [-0.3, -0.25) is 9.98 Å². The standard InChI is InChI=1S/C23H24N4S/c1-15-13-19(17(3)27(15)18-9-5-4-6-10-18)22-21(20-11-7-8-12-24-20)25-23-26(22)14-16(2)28-23/h4-13,16,21-22H,14H2,1-3H3/t16-,21+,22-/m1/s1. The number of pyridine rings is 1. The molecule has 0 spiro atoms. The van der Waals surface area contributed by atoms with E-state index in [4.69, 9.17) is 4.99 Å². The summed E-state index contributed by atoms with van der Waals surface area (Å²) in [5.74, 6) is 0. The Morgan fingerprint density at radius 1 is 1.04 bits per heavy atom. The summed E-state index contributed by atoms with van der Waals surface area (Å²) < 4.78 is 2.36. The molecule has 2 aromatic heterocycles. The van der Waals surface area contributed by atoms with Gasteiger partial charge in [0.2, 0.25) is 0 Å². The molecule has 1 aromatic carbocycles. The minimum atomic E-state index is 0.0425. The topological polar surface area (TPSA) is 33.4 Å². The molecule has 1 saturated heterocycles. The van der Waals surface area contributed by atoms with Gasteiger partial charge < -0.3 is 9.47 Å². The van der Waals surface area contributed by atoms with Gasteiger partial charge in [-0.05, 0) is 49.7 Å². The molecular formula is C23H24N4S. The molecule has 142 valence electrons. The van der Waals surface area contributed by atoms with Crippen molar-refractivity contribution in [2.24, 2.45) is 4.99 Å². The summed E-state index contributed by atoms with van der Waals surface area (Å²) >= 11 is 1.89. The fourth-order valence-electron chi connectivity index (χ4n) is 4.52. The Labute approximate surface area is 170 Å². The van der Waals surface area contributed by atoms with Gasteiger partial charge in [-0.25, -0.2) is 0 Å². The van der Waals surface area contributed by atoms with Crippen LogP contribution < -0.4 is 0 Å². The second-order valence-corrected chi connectivity index (χ2v) is 9.04. The highest BCUT2D eigenvalue weighted by molar-refractivity contribution is 8.14. The van der Waals surface area contributed by atoms with Gasteiger partial charge in [0.1, 0.15) is 6.04 Å². The molecule has 0 aliphatic carbocycles. The third-order valence-corrected chi connectivity index (χ3v) is 6.79. The number of aryl methyl sites for hydroxylation is 1. The smallest absolute Gasteiger partial charge is 0.160 e. The maximum absolute atomic E-state index is 5.12. The first-order valence-corrected chi connectivity index (χ1v) is 10.7. The highest BCUT2D eigenvalue weighted by Gasteiger charge is 2.44. The van der Waals surface area contributed by atoms with E-state index in [-0.39, 0.29) is 12.1 Å². The summed E-state index contributed by atoms with van der Waals surface area (Å²) in [4.78, 5) is 12.3. The summed E-state index contributed by atoms with van der Waals surface area (Å²) in [6.45, 7) is 7.74. The summed E-state index contributed by atoms with van der Waals surface area (Å²) in [5.41, 5.74) is 6.15. The number of amidine groups is 1. The summed E-state index contributed by atoms with van der Waals surface area (Å²) in [5, 5.41) is 1.74. The van der Waals surface area contributed by atoms with Crippen LogP contribution in [0.2, 0.25) is 0 Å². The molecule has 0 bridgehead atoms. The second kappa shape index (κ2) is 6.82. The van der Waals surface area contributed by atoms with Gasteiger partial charge in [0.05, 0.1) is 11.7 Å². The van der Waals surface area contributed by atoms with Crippen molar-refractivity contribution in [3.8, 4) is 5.69 Å². The van der Waals surface area contributed by atoms with Crippen molar-refractivity contribution in [2.45, 2.75) is 38.1 Å². The first-order chi connectivity index (χ1) is 13.6. The SMILES string of the molecule is Cc1cc([C@@H]2[C@H](c3ccccn3)N=C3S[C@H](C)CN32)c(C)n1-c1ccccc1. The molecule has 2 aliphatic rings. The highest BCUT2D eigenvalue weighted by atomic mass is 32.2. The molecule has 4 nitrogen and oxygen atoms in total. The van der Waals surface area contributed by atoms with Crippen LogP contribution in [0.5, 0.6) is 0 Å². The Kier molecular flexibility index (Phi) is 4.27. The Bertz CT molecular complexity index is 1030. The van der Waals surface area contributed by atoms with Gasteiger partial charge in [-0.15, -0.1) is 0 Å². The zero-order valence-electron chi connectivity index (χ0n) is 16.4. The van der Waals surface area contributed by atoms with Gasteiger partial charge >= 0.3 is 0 Å². The molecule has 0 N–H and O–H groups in total. The van der Waals surface area contributed by atoms with Crippen molar-refractivity contribution < 1.29 is 0 Å². The number of aromatic nitrogens is 2. The number of aliphatic imine (C=N–C) groups is 1. The van der Waals surface area contributed by atoms with Crippen molar-refractivity contribution in [3.05, 3.63) is 83.4 Å². The average Bonchev–Trinajstić information content (AvgIpc) is 3.33. The summed E-state index contributed by atoms with van der Waals surface area (Å²) in [6, 6.07) is 19.3. The van der Waals surface area contributed by atoms with Gasteiger partial charge in [0.15, 0.2) is 5.17 Å². The van der Waals surface area contributed by atoms with E-state index in [0.717, 1.165) is 17.4 Å². The first kappa shape index (κ1) is 17.6. The average molecular weight is 389 g/mol. The van der Waals surface area contributed by atoms with E-state index in [1.165, 1.54) is 22.6 Å². The maximum atomic E-state index is 5.12. The quantitative estimate of drug-likeness (QED) is 0.627. The predicted octanol–water partition coefficient (Wildman–Crippen LogP) is 5.08. The van der Waals surface area contributed by atoms with Crippen LogP contribution in [0.15, 0.2) is 65.8 Å². The number of fused-ring (bicyclic) bond motifs is 1. The van der Waals surface area contributed by atoms with E-state index in [2.05, 4.69) is 83.8 Å². The molecule has 1 fully saturated rings. The first-order valence-electron chi connectivity index (χ1n) is 9.80. The number of para-hydroxylation sites is 1. The lowest BCUT2D eigenvalue weighted by atomic mass is 9.96. The third-order valence-electron chi connectivity index (χ3n) is 5.68. The third kappa shape index (κ3) is 2.76. The van der Waals surface area contributed by atoms with Gasteiger partial charge in [0, 0.05) is 35.1 Å². The number of hydrogen-bond donors (Lipinski definition) is 0. The van der Waals surface area contributed by atoms with Crippen LogP contribution >= 0.6 is 11.8 Å².